The molecule has 23 nitrogen and oxygen atoms in total. The van der Waals surface area contributed by atoms with E-state index in [0.717, 1.165) is 57.5 Å². The summed E-state index contributed by atoms with van der Waals surface area (Å²) in [6, 6.07) is 0. The van der Waals surface area contributed by atoms with Gasteiger partial charge in [-0.1, -0.05) is 63.1 Å². The number of hydrogen-bond donors (Lipinski definition) is 8. The molecule has 64 heavy (non-hydrogen) atoms. The topological polar surface area (TPSA) is 277 Å². The summed E-state index contributed by atoms with van der Waals surface area (Å²) in [6.07, 6.45) is 2.86. The van der Waals surface area contributed by atoms with Crippen molar-refractivity contribution in [1.29, 1.82) is 0 Å². The van der Waals surface area contributed by atoms with Crippen LogP contribution in [0.25, 0.3) is 0 Å². The number of hydrogen-bond acceptors (Lipinski definition) is 22. The van der Waals surface area contributed by atoms with Crippen LogP contribution >= 0.6 is 25.6 Å². The van der Waals surface area contributed by atoms with E-state index in [0.29, 0.717) is 26.3 Å². The van der Waals surface area contributed by atoms with Gasteiger partial charge < -0.3 is 58.9 Å². The lowest BCUT2D eigenvalue weighted by atomic mass is 10.4. The Kier molecular flexibility index (Phi) is 72.1. The maximum Gasteiger partial charge on any atom is 0.528 e. The van der Waals surface area contributed by atoms with E-state index in [1.807, 2.05) is 56.5 Å². The summed E-state index contributed by atoms with van der Waals surface area (Å²) in [5, 5.41) is 29.6. The second-order valence-corrected chi connectivity index (χ2v) is 11.7. The van der Waals surface area contributed by atoms with Gasteiger partial charge in [-0.15, -0.1) is 13.2 Å². The van der Waals surface area contributed by atoms with Crippen molar-refractivity contribution in [3.8, 4) is 0 Å². The highest BCUT2D eigenvalue weighted by Gasteiger charge is 2.26. The molecule has 6 N–H and O–H groups in total. The monoisotopic (exact) mass is 970 g/mol. The van der Waals surface area contributed by atoms with Crippen LogP contribution < -0.4 is 15.1 Å². The normalized spacial score (nSPS) is 11.9. The van der Waals surface area contributed by atoms with E-state index in [2.05, 4.69) is 65.4 Å². The van der Waals surface area contributed by atoms with Crippen molar-refractivity contribution in [2.75, 3.05) is 120 Å². The summed E-state index contributed by atoms with van der Waals surface area (Å²) < 4.78 is 24.5. The van der Waals surface area contributed by atoms with Gasteiger partial charge in [0, 0.05) is 58.5 Å². The van der Waals surface area contributed by atoms with Gasteiger partial charge in [-0.3, -0.25) is 24.1 Å². The summed E-state index contributed by atoms with van der Waals surface area (Å²) in [5.74, 6) is -2.50. The lowest BCUT2D eigenvalue weighted by molar-refractivity contribution is -0.153. The van der Waals surface area contributed by atoms with Gasteiger partial charge in [0.15, 0.2) is 6.29 Å². The van der Waals surface area contributed by atoms with Gasteiger partial charge in [0.1, 0.15) is 6.61 Å². The van der Waals surface area contributed by atoms with E-state index in [-0.39, 0.29) is 44.3 Å². The Morgan fingerprint density at radius 1 is 0.797 bits per heavy atom. The number of imide groups is 1. The molecule has 1 saturated heterocycles. The minimum absolute atomic E-state index is 0.00782. The third kappa shape index (κ3) is 65.2. The Labute approximate surface area is 393 Å². The van der Waals surface area contributed by atoms with Crippen LogP contribution in [0.15, 0.2) is 25.3 Å². The van der Waals surface area contributed by atoms with E-state index in [1.165, 1.54) is 12.2 Å². The minimum Gasteiger partial charge on any atom is -0.481 e. The number of carboxylic acid groups (broad SMARTS) is 2. The number of rotatable bonds is 20. The number of ether oxygens (including phenoxy) is 5. The van der Waals surface area contributed by atoms with Crippen LogP contribution in [0.3, 0.4) is 0 Å². The lowest BCUT2D eigenvalue weighted by Crippen LogP contribution is -2.43. The number of aliphatic hydroxyl groups excluding tert-OH is 1. The maximum absolute atomic E-state index is 11.0. The van der Waals surface area contributed by atoms with Crippen LogP contribution in [0.4, 0.5) is 4.79 Å². The molecule has 0 spiro atoms. The molecule has 0 radical (unpaired) electrons. The van der Waals surface area contributed by atoms with Crippen molar-refractivity contribution in [2.45, 2.75) is 74.5 Å². The Morgan fingerprint density at radius 3 is 1.59 bits per heavy atom. The molecule has 1 fully saturated rings. The zero-order chi connectivity index (χ0) is 51.1. The van der Waals surface area contributed by atoms with Crippen LogP contribution in [0.5, 0.6) is 0 Å². The number of likely N-dealkylation sites (N-methyl/N-ethyl adjacent to an activating group) is 1. The highest BCUT2D eigenvalue weighted by molar-refractivity contribution is 7.78. The molecule has 2 heterocycles. The van der Waals surface area contributed by atoms with Gasteiger partial charge in [-0.25, -0.2) is 19.6 Å². The van der Waals surface area contributed by atoms with Crippen LogP contribution in [0.2, 0.25) is 0 Å². The Balaban J connectivity index is -0.000000118. The molecule has 382 valence electrons. The third-order valence-corrected chi connectivity index (χ3v) is 6.68. The lowest BCUT2D eigenvalue weighted by Gasteiger charge is -2.23. The molecular weight excluding hydrogens is 887 g/mol. The van der Waals surface area contributed by atoms with Gasteiger partial charge in [-0.2, -0.15) is 0 Å². The third-order valence-electron chi connectivity index (χ3n) is 6.50. The molecule has 2 amide bonds. The van der Waals surface area contributed by atoms with E-state index in [4.69, 9.17) is 34.3 Å². The van der Waals surface area contributed by atoms with Crippen molar-refractivity contribution in [3.63, 3.8) is 0 Å². The van der Waals surface area contributed by atoms with Gasteiger partial charge >= 0.3 is 24.1 Å². The van der Waals surface area contributed by atoms with E-state index in [9.17, 15) is 28.8 Å². The predicted molar refractivity (Wildman–Crippen MR) is 251 cm³/mol. The van der Waals surface area contributed by atoms with E-state index in [1.54, 1.807) is 44.8 Å². The fraction of sp³-hybridized carbons (Fsp3) is 0.744. The number of aliphatic hydroxyl groups is 1. The summed E-state index contributed by atoms with van der Waals surface area (Å²) in [7, 11) is 7.31. The zero-order valence-electron chi connectivity index (χ0n) is 40.3. The SMILES string of the molecule is C=C.CCN(C)CC(=O)O.CCN(C)CCC(=O)O.CCN(C)N1C(=O)C=CC1=O.CCNC.CCO.CCOC(=O)ONS.CCOCC(=O)ONS.CCOCCC1OCCO1. The summed E-state index contributed by atoms with van der Waals surface area (Å²) >= 11 is 6.81. The second kappa shape index (κ2) is 61.6. The Hall–Kier alpha value is -3.44. The largest absolute Gasteiger partial charge is 0.528 e. The number of hydrazine groups is 1. The summed E-state index contributed by atoms with van der Waals surface area (Å²) in [4.78, 5) is 78.0. The molecule has 0 aromatic rings. The van der Waals surface area contributed by atoms with Crippen molar-refractivity contribution in [2.24, 2.45) is 0 Å². The fourth-order valence-corrected chi connectivity index (χ4v) is 3.18. The number of carboxylic acids is 2. The van der Waals surface area contributed by atoms with Crippen LogP contribution in [0, 0.1) is 0 Å². The Morgan fingerprint density at radius 2 is 1.27 bits per heavy atom. The highest BCUT2D eigenvalue weighted by atomic mass is 32.1. The number of thiol groups is 2. The van der Waals surface area contributed by atoms with E-state index >= 15 is 0 Å². The first kappa shape index (κ1) is 74.9. The first-order chi connectivity index (χ1) is 30.4. The smallest absolute Gasteiger partial charge is 0.481 e. The van der Waals surface area contributed by atoms with Crippen LogP contribution in [-0.2, 0) is 57.3 Å². The quantitative estimate of drug-likeness (QED) is 0.0217. The molecule has 0 aliphatic carbocycles. The number of carbonyl (C=O) groups is 6. The predicted octanol–water partition coefficient (Wildman–Crippen LogP) is 2.45. The molecule has 2 aliphatic heterocycles. The first-order valence-electron chi connectivity index (χ1n) is 20.4. The van der Waals surface area contributed by atoms with Crippen molar-refractivity contribution in [1.82, 2.24) is 34.9 Å². The molecule has 25 heteroatoms. The molecule has 0 aromatic heterocycles. The second-order valence-electron chi connectivity index (χ2n) is 11.3. The molecule has 0 aromatic carbocycles. The van der Waals surface area contributed by atoms with Crippen LogP contribution in [-0.4, -0.2) is 198 Å². The standard InChI is InChI=1S/C7H10N2O2.C7H14O3.C6H13NO2.C5H11NO2.C4H9NO3S.C3H7NO3S.C3H9N.C2H6O.C2H4/c1-3-8(2)9-6(10)4-5-7(9)11;1-2-8-4-3-7-9-5-6-10-7;1-3-7(2)5-4-6(8)9;1-3-6(2)4-5(7)8;1-2-7-3-4(6)8-5-9;1-2-6-3(5)7-4-8;1-3-4-2;1-2-3;1-2/h4-5H,3H2,1-2H3;7H,2-6H2,1H3;3-5H2,1-2H3,(H,8,9);3-4H2,1-2H3,(H,7,8);5,9H,2-3H2,1H3;4,8H,2H2,1H3;4H,3H2,1-2H3;3H,2H2,1H3;1-2H2. The fourth-order valence-electron chi connectivity index (χ4n) is 3.01. The van der Waals surface area contributed by atoms with Crippen molar-refractivity contribution in [3.05, 3.63) is 25.3 Å². The van der Waals surface area contributed by atoms with Gasteiger partial charge in [0.2, 0.25) is 0 Å². The molecule has 2 aliphatic rings. The van der Waals surface area contributed by atoms with Gasteiger partial charge in [-0.05, 0) is 68.5 Å². The van der Waals surface area contributed by atoms with Crippen LogP contribution in [0.1, 0.15) is 68.2 Å². The molecule has 0 bridgehead atoms. The molecule has 2 rings (SSSR count). The highest BCUT2D eigenvalue weighted by Crippen LogP contribution is 2.07. The molecule has 0 saturated carbocycles. The number of aliphatic carboxylic acids is 2. The Bertz CT molecular complexity index is 1090. The average molecular weight is 970 g/mol. The van der Waals surface area contributed by atoms with Crippen molar-refractivity contribution >= 4 is 61.5 Å². The van der Waals surface area contributed by atoms with Gasteiger partial charge in [0.05, 0.1) is 39.4 Å². The first-order valence-corrected chi connectivity index (χ1v) is 21.3. The van der Waals surface area contributed by atoms with Gasteiger partial charge in [0.25, 0.3) is 11.8 Å². The summed E-state index contributed by atoms with van der Waals surface area (Å²) in [6.45, 7) is 29.2. The van der Waals surface area contributed by atoms with E-state index < -0.39 is 24.1 Å². The summed E-state index contributed by atoms with van der Waals surface area (Å²) in [5.41, 5.74) is 0. The molecule has 0 atom stereocenters. The maximum atomic E-state index is 11.0. The average Bonchev–Trinajstić information content (AvgIpc) is 3.92. The van der Waals surface area contributed by atoms with Crippen molar-refractivity contribution < 1.29 is 77.4 Å². The number of nitrogens with zero attached hydrogens (tertiary/aromatic N) is 4. The number of amides is 2. The molecule has 0 unspecified atom stereocenters. The minimum atomic E-state index is -0.775. The molecular formula is C39H83N7O16S2. The number of nitrogens with one attached hydrogen (secondary N) is 3. The number of carbonyl (C=O) groups excluding carboxylic acids is 4. The zero-order valence-corrected chi connectivity index (χ0v) is 42.1.